The highest BCUT2D eigenvalue weighted by Gasteiger charge is 2.45. The van der Waals surface area contributed by atoms with Crippen LogP contribution in [0, 0.1) is 17.8 Å². The first kappa shape index (κ1) is 18.8. The van der Waals surface area contributed by atoms with Gasteiger partial charge >= 0.3 is 0 Å². The molecule has 0 radical (unpaired) electrons. The van der Waals surface area contributed by atoms with Gasteiger partial charge in [0, 0.05) is 12.5 Å². The zero-order valence-corrected chi connectivity index (χ0v) is 13.8. The number of allylic oxidation sites excluding steroid dienone is 1. The lowest BCUT2D eigenvalue weighted by atomic mass is 9.68. The molecule has 7 atom stereocenters. The minimum Gasteiger partial charge on any atom is -0.396 e. The molecule has 0 heterocycles. The predicted molar refractivity (Wildman–Crippen MR) is 84.5 cm³/mol. The van der Waals surface area contributed by atoms with E-state index in [0.717, 1.165) is 6.42 Å². The minimum absolute atomic E-state index is 0.121. The second-order valence-corrected chi connectivity index (χ2v) is 6.91. The van der Waals surface area contributed by atoms with Gasteiger partial charge in [0.05, 0.1) is 12.7 Å². The van der Waals surface area contributed by atoms with Gasteiger partial charge < -0.3 is 9.84 Å². The molecule has 0 aliphatic heterocycles. The molecule has 0 amide bonds. The molecule has 1 N–H and O–H groups in total. The second kappa shape index (κ2) is 9.07. The van der Waals surface area contributed by atoms with Crippen molar-refractivity contribution in [3.8, 4) is 0 Å². The number of rotatable bonds is 6. The average Bonchev–Trinajstić information content (AvgIpc) is 2.55. The third-order valence-corrected chi connectivity index (χ3v) is 5.44. The monoisotopic (exact) mass is 334 g/mol. The molecule has 0 aromatic carbocycles. The Morgan fingerprint density at radius 2 is 1.83 bits per heavy atom. The van der Waals surface area contributed by atoms with Crippen molar-refractivity contribution in [3.63, 3.8) is 0 Å². The fourth-order valence-electron chi connectivity index (χ4n) is 4.02. The molecule has 2 saturated carbocycles. The number of ether oxygens (including phenoxy) is 1. The van der Waals surface area contributed by atoms with Crippen LogP contribution in [0.2, 0.25) is 0 Å². The Morgan fingerprint density at radius 1 is 1.04 bits per heavy atom. The molecule has 2 aliphatic rings. The first-order valence-corrected chi connectivity index (χ1v) is 8.88. The van der Waals surface area contributed by atoms with Crippen molar-refractivity contribution in [1.82, 2.24) is 0 Å². The van der Waals surface area contributed by atoms with E-state index < -0.39 is 36.5 Å². The minimum atomic E-state index is -1.62. The van der Waals surface area contributed by atoms with E-state index in [1.165, 1.54) is 0 Å². The van der Waals surface area contributed by atoms with Crippen LogP contribution in [0.25, 0.3) is 0 Å². The van der Waals surface area contributed by atoms with Crippen molar-refractivity contribution in [2.45, 2.75) is 70.1 Å². The Hall–Kier alpha value is -0.550. The normalized spacial score (nSPS) is 42.2. The zero-order chi connectivity index (χ0) is 16.8. The summed E-state index contributed by atoms with van der Waals surface area (Å²) in [7, 11) is 0. The van der Waals surface area contributed by atoms with Crippen molar-refractivity contribution in [2.24, 2.45) is 17.8 Å². The van der Waals surface area contributed by atoms with Gasteiger partial charge in [-0.15, -0.1) is 0 Å². The lowest BCUT2D eigenvalue weighted by Crippen LogP contribution is -2.45. The largest absolute Gasteiger partial charge is 0.396 e. The Labute approximate surface area is 137 Å². The molecule has 2 rings (SSSR count). The quantitative estimate of drug-likeness (QED) is 0.739. The molecule has 5 heteroatoms. The number of aliphatic hydroxyl groups excluding tert-OH is 1. The van der Waals surface area contributed by atoms with Crippen LogP contribution in [0.5, 0.6) is 0 Å². The number of alkyl halides is 3. The topological polar surface area (TPSA) is 29.5 Å². The van der Waals surface area contributed by atoms with Gasteiger partial charge in [0.15, 0.2) is 0 Å². The molecule has 2 fully saturated rings. The van der Waals surface area contributed by atoms with Gasteiger partial charge in [0.25, 0.3) is 0 Å². The maximum absolute atomic E-state index is 14.3. The van der Waals surface area contributed by atoms with Gasteiger partial charge in [-0.1, -0.05) is 19.1 Å². The summed E-state index contributed by atoms with van der Waals surface area (Å²) >= 11 is 0. The van der Waals surface area contributed by atoms with E-state index in [1.807, 2.05) is 19.1 Å². The fourth-order valence-corrected chi connectivity index (χ4v) is 4.02. The van der Waals surface area contributed by atoms with Gasteiger partial charge in [-0.3, -0.25) is 0 Å². The molecular formula is C18H29F3O2. The summed E-state index contributed by atoms with van der Waals surface area (Å²) in [5.74, 6) is -1.15. The molecule has 2 nitrogen and oxygen atoms in total. The first-order chi connectivity index (χ1) is 11.1. The highest BCUT2D eigenvalue weighted by atomic mass is 19.2. The van der Waals surface area contributed by atoms with Crippen LogP contribution in [0.3, 0.4) is 0 Å². The molecule has 134 valence electrons. The van der Waals surface area contributed by atoms with Crippen LogP contribution in [0.4, 0.5) is 13.2 Å². The summed E-state index contributed by atoms with van der Waals surface area (Å²) in [6, 6.07) is 0. The summed E-state index contributed by atoms with van der Waals surface area (Å²) in [5.41, 5.74) is 0. The van der Waals surface area contributed by atoms with Crippen molar-refractivity contribution in [1.29, 1.82) is 0 Å². The van der Waals surface area contributed by atoms with Gasteiger partial charge in [0.2, 0.25) is 0 Å². The second-order valence-electron chi connectivity index (χ2n) is 6.91. The fraction of sp³-hybridized carbons (Fsp3) is 0.889. The van der Waals surface area contributed by atoms with Crippen LogP contribution in [0.15, 0.2) is 12.2 Å². The van der Waals surface area contributed by atoms with Crippen molar-refractivity contribution in [3.05, 3.63) is 12.2 Å². The van der Waals surface area contributed by atoms with Crippen LogP contribution in [-0.4, -0.2) is 42.9 Å². The van der Waals surface area contributed by atoms with Gasteiger partial charge in [0.1, 0.15) is 18.5 Å². The molecule has 0 aromatic heterocycles. The summed E-state index contributed by atoms with van der Waals surface area (Å²) in [6.45, 7) is 2.12. The molecule has 0 bridgehead atoms. The summed E-state index contributed by atoms with van der Waals surface area (Å²) in [6.07, 6.45) is 2.58. The maximum atomic E-state index is 14.3. The maximum Gasteiger partial charge on any atom is 0.136 e. The van der Waals surface area contributed by atoms with Gasteiger partial charge in [-0.25, -0.2) is 13.2 Å². The van der Waals surface area contributed by atoms with E-state index in [-0.39, 0.29) is 18.9 Å². The highest BCUT2D eigenvalue weighted by Crippen LogP contribution is 2.43. The highest BCUT2D eigenvalue weighted by molar-refractivity contribution is 4.94. The lowest BCUT2D eigenvalue weighted by molar-refractivity contribution is -0.0639. The van der Waals surface area contributed by atoms with E-state index >= 15 is 0 Å². The lowest BCUT2D eigenvalue weighted by Gasteiger charge is -2.41. The first-order valence-electron chi connectivity index (χ1n) is 8.88. The zero-order valence-electron chi connectivity index (χ0n) is 13.8. The number of aliphatic hydroxyl groups is 1. The Balaban J connectivity index is 1.84. The van der Waals surface area contributed by atoms with Gasteiger partial charge in [-0.05, 0) is 50.4 Å². The summed E-state index contributed by atoms with van der Waals surface area (Å²) in [5, 5.41) is 9.08. The molecule has 7 unspecified atom stereocenters. The molecule has 23 heavy (non-hydrogen) atoms. The van der Waals surface area contributed by atoms with E-state index in [4.69, 9.17) is 9.84 Å². The van der Waals surface area contributed by atoms with E-state index in [0.29, 0.717) is 32.3 Å². The standard InChI is InChI=1S/C18H29F3O2/c1-2-3-4-9-23-16-8-6-12(10-15(16)19)14-7-5-13(11-22)17(20)18(14)21/h3-4,12-18,22H,2,5-11H2,1H3/b4-3-. The molecule has 0 aromatic rings. The van der Waals surface area contributed by atoms with E-state index in [2.05, 4.69) is 0 Å². The Bertz CT molecular complexity index is 377. The molecule has 0 saturated heterocycles. The smallest absolute Gasteiger partial charge is 0.136 e. The van der Waals surface area contributed by atoms with Crippen LogP contribution >= 0.6 is 0 Å². The molecule has 2 aliphatic carbocycles. The summed E-state index contributed by atoms with van der Waals surface area (Å²) in [4.78, 5) is 0. The number of hydrogen-bond donors (Lipinski definition) is 1. The molecule has 0 spiro atoms. The van der Waals surface area contributed by atoms with E-state index in [1.54, 1.807) is 0 Å². The average molecular weight is 334 g/mol. The summed E-state index contributed by atoms with van der Waals surface area (Å²) < 4.78 is 48.2. The number of halogens is 3. The van der Waals surface area contributed by atoms with E-state index in [9.17, 15) is 13.2 Å². The van der Waals surface area contributed by atoms with Crippen LogP contribution < -0.4 is 0 Å². The third-order valence-electron chi connectivity index (χ3n) is 5.44. The molecular weight excluding hydrogens is 305 g/mol. The number of hydrogen-bond acceptors (Lipinski definition) is 2. The van der Waals surface area contributed by atoms with Crippen LogP contribution in [-0.2, 0) is 4.74 Å². The van der Waals surface area contributed by atoms with Crippen molar-refractivity contribution in [2.75, 3.05) is 13.2 Å². The predicted octanol–water partition coefficient (Wildman–Crippen LogP) is 4.17. The van der Waals surface area contributed by atoms with Crippen LogP contribution in [0.1, 0.15) is 45.4 Å². The van der Waals surface area contributed by atoms with Crippen molar-refractivity contribution >= 4 is 0 Å². The van der Waals surface area contributed by atoms with Gasteiger partial charge in [-0.2, -0.15) is 0 Å². The Morgan fingerprint density at radius 3 is 2.48 bits per heavy atom. The Kier molecular flexibility index (Phi) is 7.41. The SMILES string of the molecule is CC/C=C\COC1CCC(C2CCC(CO)C(F)C2F)CC1F. The van der Waals surface area contributed by atoms with Crippen molar-refractivity contribution < 1.29 is 23.0 Å². The third kappa shape index (κ3) is 4.72.